The van der Waals surface area contributed by atoms with Crippen LogP contribution in [0, 0.1) is 6.92 Å². The van der Waals surface area contributed by atoms with Gasteiger partial charge in [-0.2, -0.15) is 0 Å². The molecule has 146 valence electrons. The molecular formula is C25H31N3. The highest BCUT2D eigenvalue weighted by atomic mass is 15.1. The molecule has 0 saturated heterocycles. The van der Waals surface area contributed by atoms with Gasteiger partial charge in [0, 0.05) is 31.5 Å². The number of para-hydroxylation sites is 1. The molecule has 3 rings (SSSR count). The van der Waals surface area contributed by atoms with Gasteiger partial charge in [-0.3, -0.25) is 0 Å². The third-order valence-corrected chi connectivity index (χ3v) is 5.13. The first-order chi connectivity index (χ1) is 13.5. The summed E-state index contributed by atoms with van der Waals surface area (Å²) >= 11 is 0. The predicted molar refractivity (Wildman–Crippen MR) is 121 cm³/mol. The van der Waals surface area contributed by atoms with Gasteiger partial charge >= 0.3 is 0 Å². The Hall–Kier alpha value is -2.78. The summed E-state index contributed by atoms with van der Waals surface area (Å²) in [4.78, 5) is 4.51. The van der Waals surface area contributed by atoms with Crippen LogP contribution in [0.2, 0.25) is 0 Å². The van der Waals surface area contributed by atoms with Gasteiger partial charge in [-0.15, -0.1) is 0 Å². The molecule has 0 saturated carbocycles. The minimum absolute atomic E-state index is 0.114. The molecule has 0 aliphatic rings. The normalized spacial score (nSPS) is 12.0. The molecule has 3 aromatic carbocycles. The van der Waals surface area contributed by atoms with E-state index in [1.807, 2.05) is 0 Å². The number of likely N-dealkylation sites (N-methyl/N-ethyl adjacent to an activating group) is 2. The summed E-state index contributed by atoms with van der Waals surface area (Å²) in [6, 6.07) is 28.1. The monoisotopic (exact) mass is 373 g/mol. The topological polar surface area (TPSA) is 18.5 Å². The van der Waals surface area contributed by atoms with E-state index in [0.29, 0.717) is 0 Å². The zero-order valence-corrected chi connectivity index (χ0v) is 17.4. The highest BCUT2D eigenvalue weighted by Gasteiger charge is 2.15. The lowest BCUT2D eigenvalue weighted by molar-refractivity contribution is 0.416. The van der Waals surface area contributed by atoms with Crippen molar-refractivity contribution in [2.45, 2.75) is 13.0 Å². The van der Waals surface area contributed by atoms with Gasteiger partial charge in [-0.25, -0.2) is 0 Å². The average molecular weight is 374 g/mol. The molecule has 0 amide bonds. The Kier molecular flexibility index (Phi) is 6.72. The molecule has 3 nitrogen and oxygen atoms in total. The smallest absolute Gasteiger partial charge is 0.0767 e. The molecule has 1 unspecified atom stereocenters. The first kappa shape index (κ1) is 20.0. The minimum atomic E-state index is 0.114. The summed E-state index contributed by atoms with van der Waals surface area (Å²) in [5.41, 5.74) is 6.19. The highest BCUT2D eigenvalue weighted by Crippen LogP contribution is 2.29. The van der Waals surface area contributed by atoms with Gasteiger partial charge in [0.2, 0.25) is 0 Å². The Bertz CT molecular complexity index is 856. The molecule has 0 heterocycles. The SMILES string of the molecule is Cc1ccccc1NC(c1ccccc1)c1ccc(N(C)CCN(C)C)cc1. The molecule has 0 spiro atoms. The highest BCUT2D eigenvalue weighted by molar-refractivity contribution is 5.55. The van der Waals surface area contributed by atoms with Crippen molar-refractivity contribution in [3.05, 3.63) is 95.6 Å². The van der Waals surface area contributed by atoms with Crippen LogP contribution in [0.1, 0.15) is 22.7 Å². The average Bonchev–Trinajstić information content (AvgIpc) is 2.72. The molecule has 0 aliphatic carbocycles. The van der Waals surface area contributed by atoms with Crippen molar-refractivity contribution in [3.63, 3.8) is 0 Å². The van der Waals surface area contributed by atoms with Crippen molar-refractivity contribution in [2.75, 3.05) is 44.4 Å². The maximum absolute atomic E-state index is 3.75. The number of nitrogens with zero attached hydrogens (tertiary/aromatic N) is 2. The lowest BCUT2D eigenvalue weighted by atomic mass is 9.97. The number of anilines is 2. The largest absolute Gasteiger partial charge is 0.374 e. The van der Waals surface area contributed by atoms with Crippen molar-refractivity contribution in [3.8, 4) is 0 Å². The fraction of sp³-hybridized carbons (Fsp3) is 0.280. The number of benzene rings is 3. The zero-order chi connectivity index (χ0) is 19.9. The molecule has 1 atom stereocenters. The van der Waals surface area contributed by atoms with Gasteiger partial charge < -0.3 is 15.1 Å². The minimum Gasteiger partial charge on any atom is -0.374 e. The fourth-order valence-corrected chi connectivity index (χ4v) is 3.30. The van der Waals surface area contributed by atoms with Crippen LogP contribution in [0.15, 0.2) is 78.9 Å². The lowest BCUT2D eigenvalue weighted by Gasteiger charge is -2.24. The summed E-state index contributed by atoms with van der Waals surface area (Å²) in [7, 11) is 6.37. The second-order valence-electron chi connectivity index (χ2n) is 7.62. The van der Waals surface area contributed by atoms with E-state index in [9.17, 15) is 0 Å². The van der Waals surface area contributed by atoms with Crippen LogP contribution >= 0.6 is 0 Å². The van der Waals surface area contributed by atoms with Crippen LogP contribution in [0.5, 0.6) is 0 Å². The molecule has 3 aromatic rings. The Morgan fingerprint density at radius 3 is 1.96 bits per heavy atom. The number of hydrogen-bond donors (Lipinski definition) is 1. The molecule has 1 N–H and O–H groups in total. The van der Waals surface area contributed by atoms with Gasteiger partial charge in [0.1, 0.15) is 0 Å². The first-order valence-electron chi connectivity index (χ1n) is 9.87. The molecular weight excluding hydrogens is 342 g/mol. The van der Waals surface area contributed by atoms with Gasteiger partial charge in [-0.05, 0) is 55.9 Å². The Morgan fingerprint density at radius 1 is 0.714 bits per heavy atom. The van der Waals surface area contributed by atoms with E-state index >= 15 is 0 Å². The Balaban J connectivity index is 1.85. The standard InChI is InChI=1S/C25H31N3/c1-20-10-8-9-13-24(20)26-25(21-11-6-5-7-12-21)22-14-16-23(17-15-22)28(4)19-18-27(2)3/h5-17,25-26H,18-19H2,1-4H3. The van der Waals surface area contributed by atoms with Crippen LogP contribution in [0.25, 0.3) is 0 Å². The van der Waals surface area contributed by atoms with Crippen LogP contribution in [-0.4, -0.2) is 39.1 Å². The van der Waals surface area contributed by atoms with E-state index in [0.717, 1.165) is 13.1 Å². The van der Waals surface area contributed by atoms with Crippen LogP contribution < -0.4 is 10.2 Å². The second-order valence-corrected chi connectivity index (χ2v) is 7.62. The predicted octanol–water partition coefficient (Wildman–Crippen LogP) is 5.19. The van der Waals surface area contributed by atoms with E-state index in [4.69, 9.17) is 0 Å². The molecule has 0 aromatic heterocycles. The first-order valence-corrected chi connectivity index (χ1v) is 9.87. The number of nitrogens with one attached hydrogen (secondary N) is 1. The fourth-order valence-electron chi connectivity index (χ4n) is 3.30. The molecule has 28 heavy (non-hydrogen) atoms. The second kappa shape index (κ2) is 9.43. The number of aryl methyl sites for hydroxylation is 1. The summed E-state index contributed by atoms with van der Waals surface area (Å²) in [6.45, 7) is 4.20. The van der Waals surface area contributed by atoms with Crippen molar-refractivity contribution in [1.82, 2.24) is 4.90 Å². The summed E-state index contributed by atoms with van der Waals surface area (Å²) < 4.78 is 0. The molecule has 0 fully saturated rings. The van der Waals surface area contributed by atoms with Crippen LogP contribution in [0.4, 0.5) is 11.4 Å². The van der Waals surface area contributed by atoms with E-state index in [1.165, 1.54) is 28.1 Å². The number of hydrogen-bond acceptors (Lipinski definition) is 3. The zero-order valence-electron chi connectivity index (χ0n) is 17.4. The summed E-state index contributed by atoms with van der Waals surface area (Å²) in [5, 5.41) is 3.75. The number of rotatable bonds is 8. The Morgan fingerprint density at radius 2 is 1.32 bits per heavy atom. The third-order valence-electron chi connectivity index (χ3n) is 5.13. The van der Waals surface area contributed by atoms with E-state index < -0.39 is 0 Å². The van der Waals surface area contributed by atoms with Crippen molar-refractivity contribution in [1.29, 1.82) is 0 Å². The summed E-state index contributed by atoms with van der Waals surface area (Å²) in [5.74, 6) is 0. The van der Waals surface area contributed by atoms with Crippen molar-refractivity contribution < 1.29 is 0 Å². The molecule has 0 aliphatic heterocycles. The van der Waals surface area contributed by atoms with Gasteiger partial charge in [-0.1, -0.05) is 60.7 Å². The van der Waals surface area contributed by atoms with Crippen molar-refractivity contribution in [2.24, 2.45) is 0 Å². The maximum Gasteiger partial charge on any atom is 0.0767 e. The quantitative estimate of drug-likeness (QED) is 0.586. The van der Waals surface area contributed by atoms with E-state index in [1.54, 1.807) is 0 Å². The maximum atomic E-state index is 3.75. The van der Waals surface area contributed by atoms with Crippen LogP contribution in [0.3, 0.4) is 0 Å². The lowest BCUT2D eigenvalue weighted by Crippen LogP contribution is -2.28. The van der Waals surface area contributed by atoms with Gasteiger partial charge in [0.05, 0.1) is 6.04 Å². The Labute approximate surface area is 169 Å². The molecule has 0 bridgehead atoms. The van der Waals surface area contributed by atoms with E-state index in [-0.39, 0.29) is 6.04 Å². The summed E-state index contributed by atoms with van der Waals surface area (Å²) in [6.07, 6.45) is 0. The van der Waals surface area contributed by atoms with Crippen LogP contribution in [-0.2, 0) is 0 Å². The van der Waals surface area contributed by atoms with Gasteiger partial charge in [0.15, 0.2) is 0 Å². The van der Waals surface area contributed by atoms with E-state index in [2.05, 4.69) is 122 Å². The molecule has 0 radical (unpaired) electrons. The third kappa shape index (κ3) is 5.14. The van der Waals surface area contributed by atoms with Gasteiger partial charge in [0.25, 0.3) is 0 Å². The molecule has 3 heteroatoms. The van der Waals surface area contributed by atoms with Crippen molar-refractivity contribution >= 4 is 11.4 Å².